The molecule has 0 saturated heterocycles. The summed E-state index contributed by atoms with van der Waals surface area (Å²) in [5.41, 5.74) is 4.68. The number of likely N-dealkylation sites (N-methyl/N-ethyl adjacent to an activating group) is 1. The van der Waals surface area contributed by atoms with E-state index in [9.17, 15) is 31.2 Å². The van der Waals surface area contributed by atoms with E-state index in [4.69, 9.17) is 34.9 Å². The molecule has 0 saturated carbocycles. The molecule has 0 unspecified atom stereocenters. The van der Waals surface area contributed by atoms with Gasteiger partial charge in [0, 0.05) is 61.4 Å². The number of carbonyl (C=O) groups excluding carboxylic acids is 3. The zero-order valence-corrected chi connectivity index (χ0v) is 38.6. The number of ether oxygens (including phenoxy) is 3. The van der Waals surface area contributed by atoms with Gasteiger partial charge in [-0.1, -0.05) is 54.1 Å². The fourth-order valence-electron chi connectivity index (χ4n) is 6.28. The lowest BCUT2D eigenvalue weighted by Crippen LogP contribution is -2.40. The molecule has 19 heteroatoms. The Kier molecular flexibility index (Phi) is 21.3. The van der Waals surface area contributed by atoms with Gasteiger partial charge in [-0.15, -0.1) is 0 Å². The first-order valence-corrected chi connectivity index (χ1v) is 23.5. The number of nitrogens with zero attached hydrogens (tertiary/aromatic N) is 4. The number of pyridine rings is 2. The number of Topliss-reactive ketones (excluding diaryl/α,β-unsaturated/α-hetero) is 1. The highest BCUT2D eigenvalue weighted by atomic mass is 35.5. The molecule has 0 spiro atoms. The van der Waals surface area contributed by atoms with Crippen LogP contribution in [-0.2, 0) is 55.6 Å². The van der Waals surface area contributed by atoms with Crippen LogP contribution in [0.25, 0.3) is 0 Å². The zero-order valence-electron chi connectivity index (χ0n) is 36.2. The SMILES string of the molecule is COc1cc(C(=O)C(=O)N(C)CS(=O)(=O)O)cc(OC)c1OC.CS(=O)(=O)O.O=C(CCc1ccc(Cl)cc1)N(Cc1ccccc1)C(CCc1ccncc1)CCc1ccncc1. The van der Waals surface area contributed by atoms with Crippen LogP contribution in [0, 0.1) is 0 Å². The maximum Gasteiger partial charge on any atom is 0.295 e. The minimum Gasteiger partial charge on any atom is -0.493 e. The Morgan fingerprint density at radius 2 is 1.16 bits per heavy atom. The number of methoxy groups -OCH3 is 3. The van der Waals surface area contributed by atoms with E-state index in [1.165, 1.54) is 44.6 Å². The van der Waals surface area contributed by atoms with Gasteiger partial charge in [-0.25, -0.2) is 0 Å². The number of halogens is 1. The normalized spacial score (nSPS) is 11.0. The smallest absolute Gasteiger partial charge is 0.295 e. The van der Waals surface area contributed by atoms with E-state index in [-0.39, 0.29) is 34.8 Å². The van der Waals surface area contributed by atoms with Crippen molar-refractivity contribution in [1.82, 2.24) is 19.8 Å². The molecule has 0 aliphatic rings. The number of rotatable bonds is 19. The summed E-state index contributed by atoms with van der Waals surface area (Å²) in [6.45, 7) is 0.609. The molecule has 2 N–H and O–H groups in total. The van der Waals surface area contributed by atoms with E-state index in [2.05, 4.69) is 51.3 Å². The van der Waals surface area contributed by atoms with Gasteiger partial charge in [0.1, 0.15) is 5.88 Å². The molecule has 3 aromatic carbocycles. The van der Waals surface area contributed by atoms with Gasteiger partial charge < -0.3 is 24.0 Å². The summed E-state index contributed by atoms with van der Waals surface area (Å²) in [5, 5.41) is 0.711. The Morgan fingerprint density at radius 3 is 1.59 bits per heavy atom. The van der Waals surface area contributed by atoms with Crippen LogP contribution < -0.4 is 14.2 Å². The topological polar surface area (TPSA) is 220 Å². The number of hydrogen-bond donors (Lipinski definition) is 2. The van der Waals surface area contributed by atoms with Gasteiger partial charge in [-0.2, -0.15) is 16.8 Å². The van der Waals surface area contributed by atoms with Crippen LogP contribution in [0.4, 0.5) is 0 Å². The average Bonchev–Trinajstić information content (AvgIpc) is 3.27. The lowest BCUT2D eigenvalue weighted by atomic mass is 9.97. The Balaban J connectivity index is 0.000000334. The van der Waals surface area contributed by atoms with Crippen molar-refractivity contribution in [3.63, 3.8) is 0 Å². The van der Waals surface area contributed by atoms with Crippen molar-refractivity contribution in [2.24, 2.45) is 0 Å². The predicted octanol–water partition coefficient (Wildman–Crippen LogP) is 6.43. The lowest BCUT2D eigenvalue weighted by Gasteiger charge is -2.33. The number of carbonyl (C=O) groups is 3. The Hall–Kier alpha value is -5.92. The fraction of sp³-hybridized carbons (Fsp3) is 0.311. The minimum atomic E-state index is -4.44. The first-order chi connectivity index (χ1) is 30.3. The van der Waals surface area contributed by atoms with E-state index in [0.29, 0.717) is 35.6 Å². The van der Waals surface area contributed by atoms with Crippen molar-refractivity contribution in [1.29, 1.82) is 0 Å². The largest absolute Gasteiger partial charge is 0.493 e. The van der Waals surface area contributed by atoms with E-state index in [1.807, 2.05) is 67.3 Å². The molecule has 0 atom stereocenters. The second kappa shape index (κ2) is 26.0. The molecule has 5 aromatic rings. The van der Waals surface area contributed by atoms with E-state index >= 15 is 0 Å². The summed E-state index contributed by atoms with van der Waals surface area (Å²) < 4.78 is 71.4. The molecule has 0 aliphatic heterocycles. The van der Waals surface area contributed by atoms with Crippen molar-refractivity contribution in [2.45, 2.75) is 51.1 Å². The van der Waals surface area contributed by atoms with Crippen LogP contribution in [-0.4, -0.2) is 110 Å². The summed E-state index contributed by atoms with van der Waals surface area (Å²) in [6, 6.07) is 28.9. The molecule has 64 heavy (non-hydrogen) atoms. The Morgan fingerprint density at radius 1 is 0.688 bits per heavy atom. The minimum absolute atomic E-state index is 0.0771. The van der Waals surface area contributed by atoms with E-state index in [1.54, 1.807) is 0 Å². The lowest BCUT2D eigenvalue weighted by molar-refractivity contribution is -0.134. The molecule has 16 nitrogen and oxygen atoms in total. The molecule has 0 fully saturated rings. The van der Waals surface area contributed by atoms with Crippen molar-refractivity contribution < 1.29 is 54.5 Å². The first-order valence-electron chi connectivity index (χ1n) is 19.6. The summed E-state index contributed by atoms with van der Waals surface area (Å²) in [7, 11) is -2.96. The molecule has 2 aromatic heterocycles. The fourth-order valence-corrected chi connectivity index (χ4v) is 7.01. The molecule has 5 rings (SSSR count). The third-order valence-electron chi connectivity index (χ3n) is 9.35. The monoisotopic (exact) mass is 940 g/mol. The second-order valence-corrected chi connectivity index (χ2v) is 17.6. The third kappa shape index (κ3) is 19.2. The zero-order chi connectivity index (χ0) is 47.3. The summed E-state index contributed by atoms with van der Waals surface area (Å²) >= 11 is 6.04. The highest BCUT2D eigenvalue weighted by Crippen LogP contribution is 2.38. The van der Waals surface area contributed by atoms with Gasteiger partial charge in [0.05, 0.1) is 27.6 Å². The van der Waals surface area contributed by atoms with Crippen LogP contribution >= 0.6 is 11.6 Å². The number of hydrogen-bond acceptors (Lipinski definition) is 12. The van der Waals surface area contributed by atoms with Gasteiger partial charge in [0.25, 0.3) is 31.9 Å². The van der Waals surface area contributed by atoms with Crippen molar-refractivity contribution in [3.05, 3.63) is 149 Å². The van der Waals surface area contributed by atoms with Crippen LogP contribution in [0.15, 0.2) is 116 Å². The van der Waals surface area contributed by atoms with Crippen LogP contribution in [0.1, 0.15) is 51.9 Å². The molecular weight excluding hydrogens is 888 g/mol. The van der Waals surface area contributed by atoms with Gasteiger partial charge in [0.2, 0.25) is 11.7 Å². The number of amides is 2. The first kappa shape index (κ1) is 52.4. The van der Waals surface area contributed by atoms with Crippen molar-refractivity contribution >= 4 is 49.4 Å². The average molecular weight is 942 g/mol. The molecule has 0 radical (unpaired) electrons. The maximum absolute atomic E-state index is 13.7. The molecular formula is C45H53ClN4O12S2. The van der Waals surface area contributed by atoms with Gasteiger partial charge in [-0.05, 0) is 103 Å². The van der Waals surface area contributed by atoms with E-state index < -0.39 is 37.8 Å². The van der Waals surface area contributed by atoms with Crippen LogP contribution in [0.3, 0.4) is 0 Å². The third-order valence-corrected chi connectivity index (χ3v) is 10.3. The predicted molar refractivity (Wildman–Crippen MR) is 243 cm³/mol. The van der Waals surface area contributed by atoms with Crippen LogP contribution in [0.5, 0.6) is 17.2 Å². The molecule has 2 heterocycles. The van der Waals surface area contributed by atoms with Crippen molar-refractivity contribution in [3.8, 4) is 17.2 Å². The maximum atomic E-state index is 13.7. The Labute approximate surface area is 379 Å². The number of aryl methyl sites for hydroxylation is 3. The summed E-state index contributed by atoms with van der Waals surface area (Å²) in [6.07, 6.45) is 12.8. The van der Waals surface area contributed by atoms with Gasteiger partial charge in [-0.3, -0.25) is 33.5 Å². The number of ketones is 1. The van der Waals surface area contributed by atoms with E-state index in [0.717, 1.165) is 43.9 Å². The highest BCUT2D eigenvalue weighted by molar-refractivity contribution is 7.85. The second-order valence-electron chi connectivity index (χ2n) is 14.3. The van der Waals surface area contributed by atoms with Gasteiger partial charge >= 0.3 is 0 Å². The molecule has 2 amide bonds. The van der Waals surface area contributed by atoms with Crippen LogP contribution in [0.2, 0.25) is 5.02 Å². The Bertz CT molecular complexity index is 2390. The highest BCUT2D eigenvalue weighted by Gasteiger charge is 2.27. The standard InChI is InChI=1S/C31H32ClN3O.C13H17NO8S.CH4O3S/c32-29-11-6-25(7-12-29)10-15-31(36)35(24-28-4-2-1-3-5-28)30(13-8-26-16-20-33-21-17-26)14-9-27-18-22-34-23-19-27;1-14(7-23(17,18)19)13(16)11(15)8-5-9(20-2)12(22-4)10(6-8)21-3;1-5(2,3)4/h1-7,11-12,16-23,30H,8-10,13-15,24H2;5-6H,7H2,1-4H3,(H,17,18,19);1H3,(H,2,3,4). The number of aromatic nitrogens is 2. The molecule has 0 aliphatic carbocycles. The quantitative estimate of drug-likeness (QED) is 0.0518. The molecule has 0 bridgehead atoms. The number of benzene rings is 3. The summed E-state index contributed by atoms with van der Waals surface area (Å²) in [4.78, 5) is 48.9. The van der Waals surface area contributed by atoms with Crippen molar-refractivity contribution in [2.75, 3.05) is 40.5 Å². The van der Waals surface area contributed by atoms with Gasteiger partial charge in [0.15, 0.2) is 11.5 Å². The molecule has 344 valence electrons. The summed E-state index contributed by atoms with van der Waals surface area (Å²) in [5.74, 6) is -2.34.